The Kier molecular flexibility index (Phi) is 2.58. The molecule has 2 aromatic heterocycles. The smallest absolute Gasteiger partial charge is 0.256 e. The maximum Gasteiger partial charge on any atom is 0.256 e. The molecule has 0 bridgehead atoms. The first-order valence-corrected chi connectivity index (χ1v) is 5.01. The predicted octanol–water partition coefficient (Wildman–Crippen LogP) is 1.23. The summed E-state index contributed by atoms with van der Waals surface area (Å²) in [6.45, 7) is 0. The van der Waals surface area contributed by atoms with Crippen LogP contribution >= 0.6 is 22.6 Å². The van der Waals surface area contributed by atoms with Crippen LogP contribution in [0.25, 0.3) is 5.82 Å². The Hall–Kier alpha value is -1.24. The second-order valence-corrected chi connectivity index (χ2v) is 3.71. The standard InChI is InChI=1S/C9H6IN3O/c10-7-5-12-8(6-11-7)13-4-2-1-3-9(13)14/h1-6H. The van der Waals surface area contributed by atoms with E-state index in [9.17, 15) is 4.79 Å². The molecule has 4 nitrogen and oxygen atoms in total. The largest absolute Gasteiger partial charge is 0.269 e. The van der Waals surface area contributed by atoms with Crippen molar-refractivity contribution in [3.8, 4) is 5.82 Å². The molecular weight excluding hydrogens is 293 g/mol. The van der Waals surface area contributed by atoms with Crippen LogP contribution < -0.4 is 5.56 Å². The fourth-order valence-electron chi connectivity index (χ4n) is 1.05. The molecule has 2 rings (SSSR count). The lowest BCUT2D eigenvalue weighted by Gasteiger charge is -2.01. The molecule has 0 aliphatic rings. The van der Waals surface area contributed by atoms with Gasteiger partial charge in [0, 0.05) is 12.3 Å². The molecule has 0 spiro atoms. The molecule has 0 atom stereocenters. The molecule has 0 saturated carbocycles. The van der Waals surface area contributed by atoms with Crippen molar-refractivity contribution in [1.82, 2.24) is 14.5 Å². The van der Waals surface area contributed by atoms with E-state index in [-0.39, 0.29) is 5.56 Å². The Balaban J connectivity index is 2.56. The average molecular weight is 299 g/mol. The van der Waals surface area contributed by atoms with Gasteiger partial charge < -0.3 is 0 Å². The van der Waals surface area contributed by atoms with Crippen LogP contribution in [-0.2, 0) is 0 Å². The zero-order chi connectivity index (χ0) is 9.97. The molecule has 0 amide bonds. The van der Waals surface area contributed by atoms with E-state index in [1.54, 1.807) is 30.7 Å². The van der Waals surface area contributed by atoms with Crippen LogP contribution in [0.1, 0.15) is 0 Å². The van der Waals surface area contributed by atoms with Gasteiger partial charge in [-0.05, 0) is 28.7 Å². The lowest BCUT2D eigenvalue weighted by molar-refractivity contribution is 0.919. The third kappa shape index (κ3) is 1.82. The topological polar surface area (TPSA) is 47.8 Å². The van der Waals surface area contributed by atoms with Gasteiger partial charge in [0.25, 0.3) is 5.56 Å². The monoisotopic (exact) mass is 299 g/mol. The third-order valence-corrected chi connectivity index (χ3v) is 2.23. The van der Waals surface area contributed by atoms with Gasteiger partial charge in [0.1, 0.15) is 3.70 Å². The normalized spacial score (nSPS) is 10.1. The highest BCUT2D eigenvalue weighted by Gasteiger charge is 1.99. The van der Waals surface area contributed by atoms with Crippen molar-refractivity contribution in [2.45, 2.75) is 0 Å². The molecule has 0 aromatic carbocycles. The van der Waals surface area contributed by atoms with E-state index in [1.165, 1.54) is 10.6 Å². The SMILES string of the molecule is O=c1ccccn1-c1cnc(I)cn1. The molecule has 0 radical (unpaired) electrons. The summed E-state index contributed by atoms with van der Waals surface area (Å²) in [5.74, 6) is 0.538. The Morgan fingerprint density at radius 2 is 2.07 bits per heavy atom. The highest BCUT2D eigenvalue weighted by atomic mass is 127. The van der Waals surface area contributed by atoms with Crippen LogP contribution in [0.5, 0.6) is 0 Å². The quantitative estimate of drug-likeness (QED) is 0.744. The third-order valence-electron chi connectivity index (χ3n) is 1.68. The maximum absolute atomic E-state index is 11.4. The summed E-state index contributed by atoms with van der Waals surface area (Å²) in [5.41, 5.74) is -0.108. The number of hydrogen-bond donors (Lipinski definition) is 0. The molecule has 0 aliphatic heterocycles. The lowest BCUT2D eigenvalue weighted by Crippen LogP contribution is -2.16. The predicted molar refractivity (Wildman–Crippen MR) is 60.3 cm³/mol. The maximum atomic E-state index is 11.4. The van der Waals surface area contributed by atoms with Crippen LogP contribution in [0, 0.1) is 3.70 Å². The lowest BCUT2D eigenvalue weighted by atomic mass is 10.4. The number of rotatable bonds is 1. The van der Waals surface area contributed by atoms with Crippen LogP contribution in [0.3, 0.4) is 0 Å². The number of nitrogens with zero attached hydrogens (tertiary/aromatic N) is 3. The first-order valence-electron chi connectivity index (χ1n) is 3.93. The Morgan fingerprint density at radius 3 is 2.71 bits per heavy atom. The molecule has 0 N–H and O–H groups in total. The summed E-state index contributed by atoms with van der Waals surface area (Å²) in [4.78, 5) is 19.6. The Labute approximate surface area is 93.8 Å². The van der Waals surface area contributed by atoms with Crippen LogP contribution in [0.2, 0.25) is 0 Å². The van der Waals surface area contributed by atoms with Gasteiger partial charge in [-0.1, -0.05) is 6.07 Å². The van der Waals surface area contributed by atoms with Gasteiger partial charge in [0.05, 0.1) is 12.4 Å². The Bertz CT molecular complexity index is 492. The van der Waals surface area contributed by atoms with Gasteiger partial charge in [-0.3, -0.25) is 9.36 Å². The van der Waals surface area contributed by atoms with Crippen LogP contribution in [-0.4, -0.2) is 14.5 Å². The van der Waals surface area contributed by atoms with Crippen LogP contribution in [0.15, 0.2) is 41.6 Å². The molecule has 5 heteroatoms. The first kappa shape index (κ1) is 9.32. The fourth-order valence-corrected chi connectivity index (χ4v) is 1.33. The fraction of sp³-hybridized carbons (Fsp3) is 0. The number of pyridine rings is 1. The Morgan fingerprint density at radius 1 is 1.21 bits per heavy atom. The summed E-state index contributed by atoms with van der Waals surface area (Å²) in [5, 5.41) is 0. The van der Waals surface area contributed by atoms with Crippen molar-refractivity contribution in [3.05, 3.63) is 50.8 Å². The van der Waals surface area contributed by atoms with Gasteiger partial charge in [-0.25, -0.2) is 9.97 Å². The minimum atomic E-state index is -0.108. The molecule has 0 aliphatic carbocycles. The molecule has 0 saturated heterocycles. The summed E-state index contributed by atoms with van der Waals surface area (Å²) in [6.07, 6.45) is 4.86. The van der Waals surface area contributed by atoms with Gasteiger partial charge >= 0.3 is 0 Å². The zero-order valence-electron chi connectivity index (χ0n) is 7.09. The van der Waals surface area contributed by atoms with Crippen molar-refractivity contribution in [2.75, 3.05) is 0 Å². The summed E-state index contributed by atoms with van der Waals surface area (Å²) >= 11 is 2.06. The van der Waals surface area contributed by atoms with Gasteiger partial charge in [0.15, 0.2) is 5.82 Å². The molecule has 14 heavy (non-hydrogen) atoms. The first-order chi connectivity index (χ1) is 6.77. The molecular formula is C9H6IN3O. The van der Waals surface area contributed by atoms with Crippen molar-refractivity contribution < 1.29 is 0 Å². The van der Waals surface area contributed by atoms with E-state index >= 15 is 0 Å². The summed E-state index contributed by atoms with van der Waals surface area (Å²) in [7, 11) is 0. The second-order valence-electron chi connectivity index (χ2n) is 2.61. The van der Waals surface area contributed by atoms with E-state index in [0.29, 0.717) is 5.82 Å². The van der Waals surface area contributed by atoms with E-state index in [1.807, 2.05) is 0 Å². The molecule has 0 fully saturated rings. The van der Waals surface area contributed by atoms with Crippen molar-refractivity contribution in [2.24, 2.45) is 0 Å². The molecule has 0 unspecified atom stereocenters. The van der Waals surface area contributed by atoms with Crippen LogP contribution in [0.4, 0.5) is 0 Å². The second kappa shape index (κ2) is 3.87. The van der Waals surface area contributed by atoms with Crippen molar-refractivity contribution >= 4 is 22.6 Å². The van der Waals surface area contributed by atoms with Crippen molar-refractivity contribution in [1.29, 1.82) is 0 Å². The number of aromatic nitrogens is 3. The van der Waals surface area contributed by atoms with Crippen molar-refractivity contribution in [3.63, 3.8) is 0 Å². The van der Waals surface area contributed by atoms with Gasteiger partial charge in [0.2, 0.25) is 0 Å². The number of halogens is 1. The summed E-state index contributed by atoms with van der Waals surface area (Å²) < 4.78 is 2.25. The van der Waals surface area contributed by atoms with E-state index < -0.39 is 0 Å². The molecule has 2 aromatic rings. The van der Waals surface area contributed by atoms with E-state index in [4.69, 9.17) is 0 Å². The zero-order valence-corrected chi connectivity index (χ0v) is 9.25. The highest BCUT2D eigenvalue weighted by Crippen LogP contribution is 2.01. The molecule has 2 heterocycles. The van der Waals surface area contributed by atoms with Gasteiger partial charge in [-0.15, -0.1) is 0 Å². The highest BCUT2D eigenvalue weighted by molar-refractivity contribution is 14.1. The average Bonchev–Trinajstić information content (AvgIpc) is 2.20. The summed E-state index contributed by atoms with van der Waals surface area (Å²) in [6, 6.07) is 4.96. The minimum Gasteiger partial charge on any atom is -0.269 e. The van der Waals surface area contributed by atoms with E-state index in [0.717, 1.165) is 3.70 Å². The van der Waals surface area contributed by atoms with E-state index in [2.05, 4.69) is 32.6 Å². The van der Waals surface area contributed by atoms with Gasteiger partial charge in [-0.2, -0.15) is 0 Å². The number of hydrogen-bond acceptors (Lipinski definition) is 3. The molecule has 70 valence electrons. The minimum absolute atomic E-state index is 0.108.